The molecule has 5 nitrogen and oxygen atoms in total. The predicted octanol–water partition coefficient (Wildman–Crippen LogP) is 0.885. The van der Waals surface area contributed by atoms with Crippen molar-refractivity contribution in [3.05, 3.63) is 0 Å². The lowest BCUT2D eigenvalue weighted by molar-refractivity contribution is 0.182. The molecule has 2 aliphatic rings. The van der Waals surface area contributed by atoms with Gasteiger partial charge in [-0.05, 0) is 39.3 Å². The highest BCUT2D eigenvalue weighted by molar-refractivity contribution is 5.74. The maximum absolute atomic E-state index is 12.1. The van der Waals surface area contributed by atoms with E-state index in [-0.39, 0.29) is 24.6 Å². The van der Waals surface area contributed by atoms with Gasteiger partial charge in [0.05, 0.1) is 0 Å². The van der Waals surface area contributed by atoms with Gasteiger partial charge in [-0.25, -0.2) is 4.79 Å². The Morgan fingerprint density at radius 1 is 1.32 bits per heavy atom. The van der Waals surface area contributed by atoms with Gasteiger partial charge in [0.2, 0.25) is 0 Å². The van der Waals surface area contributed by atoms with Crippen molar-refractivity contribution in [2.75, 3.05) is 39.3 Å². The van der Waals surface area contributed by atoms with Gasteiger partial charge in [0, 0.05) is 38.2 Å². The average molecular weight is 269 g/mol. The van der Waals surface area contributed by atoms with Gasteiger partial charge in [-0.2, -0.15) is 0 Å². The minimum Gasteiger partial charge on any atom is -0.396 e. The van der Waals surface area contributed by atoms with Gasteiger partial charge in [0.1, 0.15) is 0 Å². The first-order valence-electron chi connectivity index (χ1n) is 7.57. The number of aliphatic hydroxyl groups excluding tert-OH is 1. The lowest BCUT2D eigenvalue weighted by Gasteiger charge is -2.30. The van der Waals surface area contributed by atoms with Crippen LogP contribution >= 0.6 is 0 Å². The number of aliphatic hydroxyl groups is 1. The molecule has 2 heterocycles. The zero-order valence-electron chi connectivity index (χ0n) is 12.0. The van der Waals surface area contributed by atoms with Gasteiger partial charge in [0.25, 0.3) is 0 Å². The maximum Gasteiger partial charge on any atom is 0.317 e. The Morgan fingerprint density at radius 2 is 2.05 bits per heavy atom. The van der Waals surface area contributed by atoms with Crippen LogP contribution in [0.5, 0.6) is 0 Å². The fourth-order valence-corrected chi connectivity index (χ4v) is 3.04. The van der Waals surface area contributed by atoms with E-state index < -0.39 is 0 Å². The van der Waals surface area contributed by atoms with Crippen LogP contribution in [0.15, 0.2) is 0 Å². The van der Waals surface area contributed by atoms with Crippen LogP contribution in [0.1, 0.15) is 32.6 Å². The number of nitrogens with one attached hydrogen (secondary N) is 1. The molecule has 5 heteroatoms. The zero-order chi connectivity index (χ0) is 13.7. The van der Waals surface area contributed by atoms with Crippen molar-refractivity contribution in [2.24, 2.45) is 5.92 Å². The Bertz CT molecular complexity index is 292. The van der Waals surface area contributed by atoms with Crippen molar-refractivity contribution < 1.29 is 9.90 Å². The average Bonchev–Trinajstić information content (AvgIpc) is 2.88. The molecule has 2 aliphatic heterocycles. The molecule has 0 spiro atoms. The topological polar surface area (TPSA) is 55.8 Å². The Kier molecular flexibility index (Phi) is 5.45. The minimum atomic E-state index is 0.0282. The number of likely N-dealkylation sites (tertiary alicyclic amines) is 2. The molecule has 110 valence electrons. The SMILES string of the molecule is CC(CN1CCCCC1)NC(=O)N1CCC(CO)C1. The van der Waals surface area contributed by atoms with Crippen LogP contribution in [0.25, 0.3) is 0 Å². The zero-order valence-corrected chi connectivity index (χ0v) is 12.0. The molecular weight excluding hydrogens is 242 g/mol. The van der Waals surface area contributed by atoms with Crippen molar-refractivity contribution in [3.63, 3.8) is 0 Å². The number of carbonyl (C=O) groups excluding carboxylic acids is 1. The molecule has 2 atom stereocenters. The quantitative estimate of drug-likeness (QED) is 0.797. The summed E-state index contributed by atoms with van der Waals surface area (Å²) in [7, 11) is 0. The molecule has 0 aromatic rings. The van der Waals surface area contributed by atoms with Crippen molar-refractivity contribution in [2.45, 2.75) is 38.6 Å². The number of nitrogens with zero attached hydrogens (tertiary/aromatic N) is 2. The van der Waals surface area contributed by atoms with E-state index in [1.807, 2.05) is 4.90 Å². The third-order valence-electron chi connectivity index (χ3n) is 4.18. The van der Waals surface area contributed by atoms with Gasteiger partial charge in [-0.15, -0.1) is 0 Å². The second kappa shape index (κ2) is 7.10. The molecule has 2 saturated heterocycles. The molecular formula is C14H27N3O2. The molecule has 2 unspecified atom stereocenters. The molecule has 2 amide bonds. The molecule has 2 fully saturated rings. The summed E-state index contributed by atoms with van der Waals surface area (Å²) in [6.45, 7) is 7.00. The molecule has 0 bridgehead atoms. The molecule has 0 aliphatic carbocycles. The number of amides is 2. The number of hydrogen-bond donors (Lipinski definition) is 2. The van der Waals surface area contributed by atoms with Crippen molar-refractivity contribution in [1.82, 2.24) is 15.1 Å². The van der Waals surface area contributed by atoms with Crippen molar-refractivity contribution in [3.8, 4) is 0 Å². The van der Waals surface area contributed by atoms with Crippen molar-refractivity contribution in [1.29, 1.82) is 0 Å². The second-order valence-corrected chi connectivity index (χ2v) is 6.00. The summed E-state index contributed by atoms with van der Waals surface area (Å²) in [5.41, 5.74) is 0. The number of hydrogen-bond acceptors (Lipinski definition) is 3. The Hall–Kier alpha value is -0.810. The lowest BCUT2D eigenvalue weighted by Crippen LogP contribution is -2.48. The van der Waals surface area contributed by atoms with Gasteiger partial charge in [-0.1, -0.05) is 6.42 Å². The van der Waals surface area contributed by atoms with Crippen LogP contribution in [0, 0.1) is 5.92 Å². The fraction of sp³-hybridized carbons (Fsp3) is 0.929. The first kappa shape index (κ1) is 14.6. The number of piperidine rings is 1. The normalized spacial score (nSPS) is 26.4. The smallest absolute Gasteiger partial charge is 0.317 e. The summed E-state index contributed by atoms with van der Waals surface area (Å²) < 4.78 is 0. The third-order valence-corrected chi connectivity index (χ3v) is 4.18. The van der Waals surface area contributed by atoms with Crippen LogP contribution in [0.3, 0.4) is 0 Å². The number of urea groups is 1. The number of carbonyl (C=O) groups is 1. The van der Waals surface area contributed by atoms with E-state index in [0.717, 1.165) is 32.6 Å². The van der Waals surface area contributed by atoms with Crippen LogP contribution in [-0.2, 0) is 0 Å². The Labute approximate surface area is 115 Å². The number of rotatable bonds is 4. The fourth-order valence-electron chi connectivity index (χ4n) is 3.04. The molecule has 2 rings (SSSR count). The highest BCUT2D eigenvalue weighted by Crippen LogP contribution is 2.15. The summed E-state index contributed by atoms with van der Waals surface area (Å²) in [5, 5.41) is 12.2. The standard InChI is InChI=1S/C14H27N3O2/c1-12(9-16-6-3-2-4-7-16)15-14(19)17-8-5-13(10-17)11-18/h12-13,18H,2-11H2,1H3,(H,15,19). The molecule has 0 aromatic carbocycles. The summed E-state index contributed by atoms with van der Waals surface area (Å²) in [4.78, 5) is 16.3. The first-order chi connectivity index (χ1) is 9.19. The van der Waals surface area contributed by atoms with E-state index in [0.29, 0.717) is 6.54 Å². The molecule has 2 N–H and O–H groups in total. The Morgan fingerprint density at radius 3 is 2.68 bits per heavy atom. The summed E-state index contributed by atoms with van der Waals surface area (Å²) in [6, 6.07) is 0.222. The molecule has 0 aromatic heterocycles. The van der Waals surface area contributed by atoms with E-state index in [2.05, 4.69) is 17.1 Å². The van der Waals surface area contributed by atoms with Gasteiger partial charge < -0.3 is 20.2 Å². The monoisotopic (exact) mass is 269 g/mol. The molecule has 19 heavy (non-hydrogen) atoms. The van der Waals surface area contributed by atoms with Gasteiger partial charge in [0.15, 0.2) is 0 Å². The highest BCUT2D eigenvalue weighted by Gasteiger charge is 2.26. The largest absolute Gasteiger partial charge is 0.396 e. The summed E-state index contributed by atoms with van der Waals surface area (Å²) in [5.74, 6) is 0.267. The van der Waals surface area contributed by atoms with Crippen molar-refractivity contribution >= 4 is 6.03 Å². The predicted molar refractivity (Wildman–Crippen MR) is 75.1 cm³/mol. The van der Waals surface area contributed by atoms with E-state index in [1.165, 1.54) is 19.3 Å². The van der Waals surface area contributed by atoms with Crippen LogP contribution < -0.4 is 5.32 Å². The molecule has 0 radical (unpaired) electrons. The summed E-state index contributed by atoms with van der Waals surface area (Å²) >= 11 is 0. The van der Waals surface area contributed by atoms with Gasteiger partial charge >= 0.3 is 6.03 Å². The van der Waals surface area contributed by atoms with Crippen LogP contribution in [0.2, 0.25) is 0 Å². The van der Waals surface area contributed by atoms with E-state index in [4.69, 9.17) is 5.11 Å². The first-order valence-corrected chi connectivity index (χ1v) is 7.57. The van der Waals surface area contributed by atoms with E-state index in [1.54, 1.807) is 0 Å². The van der Waals surface area contributed by atoms with Gasteiger partial charge in [-0.3, -0.25) is 0 Å². The minimum absolute atomic E-state index is 0.0282. The highest BCUT2D eigenvalue weighted by atomic mass is 16.3. The second-order valence-electron chi connectivity index (χ2n) is 6.00. The van der Waals surface area contributed by atoms with E-state index >= 15 is 0 Å². The maximum atomic E-state index is 12.1. The third kappa shape index (κ3) is 4.35. The molecule has 0 saturated carbocycles. The Balaban J connectivity index is 1.69. The lowest BCUT2D eigenvalue weighted by atomic mass is 10.1. The van der Waals surface area contributed by atoms with Crippen LogP contribution in [-0.4, -0.2) is 66.3 Å². The van der Waals surface area contributed by atoms with Crippen LogP contribution in [0.4, 0.5) is 4.79 Å². The van der Waals surface area contributed by atoms with E-state index in [9.17, 15) is 4.79 Å². The summed E-state index contributed by atoms with van der Waals surface area (Å²) in [6.07, 6.45) is 4.83.